The Morgan fingerprint density at radius 1 is 0.379 bits per heavy atom. The van der Waals surface area contributed by atoms with Crippen molar-refractivity contribution in [3.63, 3.8) is 0 Å². The van der Waals surface area contributed by atoms with Gasteiger partial charge < -0.3 is 4.42 Å². The van der Waals surface area contributed by atoms with Crippen molar-refractivity contribution in [2.75, 3.05) is 0 Å². The van der Waals surface area contributed by atoms with E-state index in [0.717, 1.165) is 55.0 Å². The summed E-state index contributed by atoms with van der Waals surface area (Å²) in [6.07, 6.45) is 1.92. The molecule has 0 spiro atoms. The van der Waals surface area contributed by atoms with Gasteiger partial charge in [-0.3, -0.25) is 4.98 Å². The van der Waals surface area contributed by atoms with Gasteiger partial charge >= 0.3 is 0 Å². The fourth-order valence-electron chi connectivity index (χ4n) is 9.45. The largest absolute Gasteiger partial charge is 0.456 e. The van der Waals surface area contributed by atoms with Crippen LogP contribution in [0.3, 0.4) is 0 Å². The first-order valence-corrected chi connectivity index (χ1v) is 20.0. The van der Waals surface area contributed by atoms with Crippen molar-refractivity contribution in [2.24, 2.45) is 0 Å². The van der Waals surface area contributed by atoms with Gasteiger partial charge in [-0.05, 0) is 96.7 Å². The lowest BCUT2D eigenvalue weighted by Crippen LogP contribution is -2.15. The molecule has 0 saturated carbocycles. The Kier molecular flexibility index (Phi) is 6.98. The third-order valence-corrected chi connectivity index (χ3v) is 12.5. The minimum absolute atomic E-state index is 0.146. The summed E-state index contributed by atoms with van der Waals surface area (Å²) < 4.78 is 6.07. The summed E-state index contributed by atoms with van der Waals surface area (Å²) in [5.41, 5.74) is 18.1. The molecular weight excluding hydrogens is 705 g/mol. The third kappa shape index (κ3) is 4.93. The van der Waals surface area contributed by atoms with Crippen LogP contribution in [-0.2, 0) is 5.41 Å². The second-order valence-corrected chi connectivity index (χ2v) is 16.2. The molecule has 2 aromatic heterocycles. The van der Waals surface area contributed by atoms with Crippen molar-refractivity contribution < 1.29 is 4.42 Å². The quantitative estimate of drug-likeness (QED) is 0.169. The van der Waals surface area contributed by atoms with Crippen molar-refractivity contribution in [3.8, 4) is 55.8 Å². The lowest BCUT2D eigenvalue weighted by molar-refractivity contribution is 0.661. The highest BCUT2D eigenvalue weighted by atomic mass is 16.3. The second kappa shape index (κ2) is 12.3. The van der Waals surface area contributed by atoms with E-state index in [1.54, 1.807) is 0 Å². The van der Waals surface area contributed by atoms with E-state index >= 15 is 0 Å². The van der Waals surface area contributed by atoms with Gasteiger partial charge in [-0.1, -0.05) is 159 Å². The highest BCUT2D eigenvalue weighted by molar-refractivity contribution is 6.23. The minimum atomic E-state index is -0.146. The Balaban J connectivity index is 0.835. The van der Waals surface area contributed by atoms with E-state index in [4.69, 9.17) is 14.4 Å². The minimum Gasteiger partial charge on any atom is -0.456 e. The van der Waals surface area contributed by atoms with Crippen LogP contribution < -0.4 is 0 Å². The lowest BCUT2D eigenvalue weighted by Gasteiger charge is -2.22. The zero-order chi connectivity index (χ0) is 38.5. The maximum Gasteiger partial charge on any atom is 0.135 e. The molecule has 272 valence electrons. The predicted octanol–water partition coefficient (Wildman–Crippen LogP) is 14.8. The van der Waals surface area contributed by atoms with E-state index in [2.05, 4.69) is 178 Å². The molecule has 0 aliphatic heterocycles. The normalized spacial score (nSPS) is 13.1. The zero-order valence-corrected chi connectivity index (χ0v) is 32.1. The van der Waals surface area contributed by atoms with Crippen molar-refractivity contribution in [1.82, 2.24) is 9.97 Å². The average Bonchev–Trinajstić information content (AvgIpc) is 3.77. The van der Waals surface area contributed by atoms with E-state index in [-0.39, 0.29) is 5.41 Å². The molecule has 3 heteroatoms. The fourth-order valence-corrected chi connectivity index (χ4v) is 9.45. The lowest BCUT2D eigenvalue weighted by atomic mass is 9.81. The topological polar surface area (TPSA) is 38.9 Å². The van der Waals surface area contributed by atoms with Gasteiger partial charge in [0.1, 0.15) is 11.2 Å². The molecule has 1 aliphatic rings. The molecule has 0 saturated heterocycles. The van der Waals surface area contributed by atoms with Gasteiger partial charge in [0, 0.05) is 32.5 Å². The first kappa shape index (κ1) is 32.8. The molecule has 2 heterocycles. The number of fused-ring (bicyclic) bond motifs is 12. The smallest absolute Gasteiger partial charge is 0.135 e. The van der Waals surface area contributed by atoms with Crippen molar-refractivity contribution in [3.05, 3.63) is 193 Å². The highest BCUT2D eigenvalue weighted by Gasteiger charge is 2.36. The number of furan rings is 1. The molecule has 0 N–H and O–H groups in total. The molecule has 0 bridgehead atoms. The number of hydrogen-bond donors (Lipinski definition) is 0. The predicted molar refractivity (Wildman–Crippen MR) is 241 cm³/mol. The number of para-hydroxylation sites is 1. The molecule has 0 radical (unpaired) electrons. The molecule has 0 fully saturated rings. The molecule has 1 aliphatic carbocycles. The zero-order valence-electron chi connectivity index (χ0n) is 32.1. The first-order chi connectivity index (χ1) is 28.5. The summed E-state index contributed by atoms with van der Waals surface area (Å²) in [5.74, 6) is 0. The second-order valence-electron chi connectivity index (χ2n) is 16.2. The first-order valence-electron chi connectivity index (χ1n) is 20.0. The van der Waals surface area contributed by atoms with Crippen LogP contribution in [0.2, 0.25) is 0 Å². The average molecular weight is 741 g/mol. The van der Waals surface area contributed by atoms with Gasteiger partial charge in [-0.15, -0.1) is 0 Å². The molecule has 0 atom stereocenters. The van der Waals surface area contributed by atoms with Crippen molar-refractivity contribution >= 4 is 54.5 Å². The van der Waals surface area contributed by atoms with Crippen LogP contribution in [0, 0.1) is 0 Å². The summed E-state index contributed by atoms with van der Waals surface area (Å²) in [4.78, 5) is 10.2. The third-order valence-electron chi connectivity index (χ3n) is 12.5. The Bertz CT molecular complexity index is 3430. The Labute approximate surface area is 335 Å². The van der Waals surface area contributed by atoms with E-state index < -0.39 is 0 Å². The Hall–Kier alpha value is -7.36. The van der Waals surface area contributed by atoms with Crippen LogP contribution in [0.4, 0.5) is 0 Å². The monoisotopic (exact) mass is 740 g/mol. The maximum absolute atomic E-state index is 6.07. The van der Waals surface area contributed by atoms with Crippen LogP contribution in [0.1, 0.15) is 25.0 Å². The van der Waals surface area contributed by atoms with Gasteiger partial charge in [0.25, 0.3) is 0 Å². The fraction of sp³-hybridized carbons (Fsp3) is 0.0545. The van der Waals surface area contributed by atoms with Crippen molar-refractivity contribution in [2.45, 2.75) is 19.3 Å². The molecular formula is C55H36N2O. The van der Waals surface area contributed by atoms with Gasteiger partial charge in [0.2, 0.25) is 0 Å². The van der Waals surface area contributed by atoms with E-state index in [0.29, 0.717) is 0 Å². The van der Waals surface area contributed by atoms with Crippen LogP contribution in [0.5, 0.6) is 0 Å². The van der Waals surface area contributed by atoms with Crippen LogP contribution in [-0.4, -0.2) is 9.97 Å². The summed E-state index contributed by atoms with van der Waals surface area (Å²) in [5, 5.41) is 6.97. The summed E-state index contributed by atoms with van der Waals surface area (Å²) in [6, 6.07) is 63.5. The van der Waals surface area contributed by atoms with Crippen LogP contribution in [0.25, 0.3) is 110 Å². The van der Waals surface area contributed by atoms with Gasteiger partial charge in [-0.25, -0.2) is 4.98 Å². The molecule has 3 nitrogen and oxygen atoms in total. The van der Waals surface area contributed by atoms with E-state index in [9.17, 15) is 0 Å². The number of rotatable bonds is 4. The maximum atomic E-state index is 6.07. The molecule has 58 heavy (non-hydrogen) atoms. The molecule has 0 unspecified atom stereocenters. The van der Waals surface area contributed by atoms with Crippen LogP contribution in [0.15, 0.2) is 187 Å². The van der Waals surface area contributed by atoms with Gasteiger partial charge in [0.05, 0.1) is 22.9 Å². The van der Waals surface area contributed by atoms with E-state index in [1.165, 1.54) is 66.4 Å². The Morgan fingerprint density at radius 2 is 0.828 bits per heavy atom. The SMILES string of the molecule is CC1(C)c2cc(-c3ccc(-c4ccc5oc6ccccc6c5c4)cc3)ccc2-c2ccc(-c3ccc(-c4cnc5c6ccccc6c6ccccc6c5n4)cc3)cc21. The summed E-state index contributed by atoms with van der Waals surface area (Å²) >= 11 is 0. The Morgan fingerprint density at radius 3 is 1.43 bits per heavy atom. The standard InChI is InChI=1S/C55H36N2O/c1-55(2)48-30-38(34-17-15-33(16-18-34)37-25-28-52-47(29-37)44-11-7-8-14-51(44)58-52)23-26-42(48)43-27-24-39(31-49(43)55)35-19-21-36(22-20-35)50-32-56-53-45-12-5-3-9-40(45)41-10-4-6-13-46(41)54(53)57-50/h3-32H,1-2H3. The molecule has 11 aromatic rings. The highest BCUT2D eigenvalue weighted by Crippen LogP contribution is 2.51. The molecule has 12 rings (SSSR count). The van der Waals surface area contributed by atoms with E-state index in [1.807, 2.05) is 18.3 Å². The summed E-state index contributed by atoms with van der Waals surface area (Å²) in [7, 11) is 0. The van der Waals surface area contributed by atoms with Gasteiger partial charge in [0.15, 0.2) is 0 Å². The number of benzene rings is 9. The summed E-state index contributed by atoms with van der Waals surface area (Å²) in [6.45, 7) is 4.72. The molecule has 9 aromatic carbocycles. The molecule has 0 amide bonds. The number of hydrogen-bond acceptors (Lipinski definition) is 3. The van der Waals surface area contributed by atoms with Gasteiger partial charge in [-0.2, -0.15) is 0 Å². The van der Waals surface area contributed by atoms with Crippen molar-refractivity contribution in [1.29, 1.82) is 0 Å². The number of nitrogens with zero attached hydrogens (tertiary/aromatic N) is 2. The van der Waals surface area contributed by atoms with Crippen LogP contribution >= 0.6 is 0 Å². The number of aromatic nitrogens is 2.